The minimum absolute atomic E-state index is 0.0425. The second kappa shape index (κ2) is 9.91. The molecule has 8 nitrogen and oxygen atoms in total. The van der Waals surface area contributed by atoms with Crippen LogP contribution in [0.3, 0.4) is 0 Å². The summed E-state index contributed by atoms with van der Waals surface area (Å²) in [7, 11) is 1.74. The zero-order valence-electron chi connectivity index (χ0n) is 21.4. The van der Waals surface area contributed by atoms with E-state index in [-0.39, 0.29) is 40.5 Å². The van der Waals surface area contributed by atoms with Gasteiger partial charge in [-0.25, -0.2) is 9.18 Å². The Morgan fingerprint density at radius 1 is 1.18 bits per heavy atom. The molecule has 1 unspecified atom stereocenters. The Kier molecular flexibility index (Phi) is 6.65. The molecular formula is C27H25ClF4N4O4. The van der Waals surface area contributed by atoms with Crippen molar-refractivity contribution in [2.24, 2.45) is 5.41 Å². The van der Waals surface area contributed by atoms with Crippen molar-refractivity contribution in [3.8, 4) is 17.4 Å². The second-order valence-corrected chi connectivity index (χ2v) is 10.9. The first-order valence-electron chi connectivity index (χ1n) is 12.8. The second-order valence-electron chi connectivity index (χ2n) is 10.5. The normalized spacial score (nSPS) is 23.5. The molecule has 1 saturated carbocycles. The van der Waals surface area contributed by atoms with E-state index in [1.807, 2.05) is 0 Å². The summed E-state index contributed by atoms with van der Waals surface area (Å²) in [6, 6.07) is 5.92. The summed E-state index contributed by atoms with van der Waals surface area (Å²) in [5, 5.41) is 0.222. The fourth-order valence-corrected chi connectivity index (χ4v) is 6.32. The molecule has 1 spiro atoms. The highest BCUT2D eigenvalue weighted by Crippen LogP contribution is 2.54. The summed E-state index contributed by atoms with van der Waals surface area (Å²) < 4.78 is 71.5. The number of anilines is 1. The van der Waals surface area contributed by atoms with Crippen LogP contribution < -0.4 is 20.1 Å². The molecule has 212 valence electrons. The number of piperidine rings is 1. The van der Waals surface area contributed by atoms with Crippen LogP contribution in [-0.2, 0) is 24.1 Å². The van der Waals surface area contributed by atoms with E-state index in [2.05, 4.69) is 14.9 Å². The summed E-state index contributed by atoms with van der Waals surface area (Å²) in [6.45, 7) is 1.12. The van der Waals surface area contributed by atoms with E-state index in [9.17, 15) is 22.4 Å². The van der Waals surface area contributed by atoms with Gasteiger partial charge in [-0.3, -0.25) is 9.55 Å². The molecule has 13 heteroatoms. The predicted octanol–water partition coefficient (Wildman–Crippen LogP) is 5.60. The Balaban J connectivity index is 1.14. The van der Waals surface area contributed by atoms with Crippen molar-refractivity contribution in [1.29, 1.82) is 0 Å². The minimum Gasteiger partial charge on any atom is -0.472 e. The first kappa shape index (κ1) is 26.8. The van der Waals surface area contributed by atoms with E-state index in [1.165, 1.54) is 18.2 Å². The molecule has 6 rings (SSSR count). The minimum atomic E-state index is -4.66. The summed E-state index contributed by atoms with van der Waals surface area (Å²) in [6.07, 6.45) is 0.556. The largest absolute Gasteiger partial charge is 0.472 e. The third-order valence-electron chi connectivity index (χ3n) is 8.00. The van der Waals surface area contributed by atoms with Crippen LogP contribution in [0.5, 0.6) is 17.4 Å². The van der Waals surface area contributed by atoms with Crippen LogP contribution in [-0.4, -0.2) is 40.3 Å². The fourth-order valence-electron chi connectivity index (χ4n) is 6.02. The first-order valence-corrected chi connectivity index (χ1v) is 13.2. The van der Waals surface area contributed by atoms with Gasteiger partial charge in [0.2, 0.25) is 5.88 Å². The van der Waals surface area contributed by atoms with Crippen molar-refractivity contribution in [3.05, 3.63) is 69.1 Å². The van der Waals surface area contributed by atoms with E-state index in [4.69, 9.17) is 25.8 Å². The third kappa shape index (κ3) is 4.87. The number of fused-ring (bicyclic) bond motifs is 3. The van der Waals surface area contributed by atoms with E-state index in [0.29, 0.717) is 30.1 Å². The Bertz CT molecular complexity index is 1510. The smallest absolute Gasteiger partial charge is 0.433 e. The number of hydrogen-bond acceptors (Lipinski definition) is 7. The van der Waals surface area contributed by atoms with Crippen LogP contribution in [0.4, 0.5) is 23.4 Å². The molecular weight excluding hydrogens is 556 g/mol. The van der Waals surface area contributed by atoms with Crippen LogP contribution in [0.1, 0.15) is 36.9 Å². The summed E-state index contributed by atoms with van der Waals surface area (Å²) in [5.41, 5.74) is -0.996. The topological polar surface area (TPSA) is 78.7 Å². The van der Waals surface area contributed by atoms with Crippen LogP contribution in [0.2, 0.25) is 5.02 Å². The molecule has 3 aromatic rings. The molecule has 0 amide bonds. The van der Waals surface area contributed by atoms with E-state index in [0.717, 1.165) is 44.5 Å². The lowest BCUT2D eigenvalue weighted by Gasteiger charge is -2.53. The number of methoxy groups -OCH3 is 1. The van der Waals surface area contributed by atoms with Crippen molar-refractivity contribution in [2.45, 2.75) is 57.2 Å². The molecule has 2 aromatic heterocycles. The summed E-state index contributed by atoms with van der Waals surface area (Å²) >= 11 is 6.68. The van der Waals surface area contributed by atoms with Crippen molar-refractivity contribution in [1.82, 2.24) is 14.5 Å². The molecule has 40 heavy (non-hydrogen) atoms. The highest BCUT2D eigenvalue weighted by molar-refractivity contribution is 6.34. The maximum absolute atomic E-state index is 14.7. The SMILES string of the molecule is COC1CC2(CCN3c4c(Cl)c(OCc5ccc(Oc6ccnc(C(F)(F)F)c6)c(F)c5)nc(=O)n4CC3C2)C1. The lowest BCUT2D eigenvalue weighted by Crippen LogP contribution is -2.53. The van der Waals surface area contributed by atoms with Gasteiger partial charge in [0.25, 0.3) is 0 Å². The van der Waals surface area contributed by atoms with Crippen LogP contribution >= 0.6 is 11.6 Å². The Labute approximate surface area is 231 Å². The quantitative estimate of drug-likeness (QED) is 0.351. The van der Waals surface area contributed by atoms with Gasteiger partial charge in [0.1, 0.15) is 28.9 Å². The molecule has 0 radical (unpaired) electrons. The van der Waals surface area contributed by atoms with Gasteiger partial charge in [-0.15, -0.1) is 0 Å². The average Bonchev–Trinajstić information content (AvgIpc) is 3.29. The van der Waals surface area contributed by atoms with E-state index in [1.54, 1.807) is 11.7 Å². The number of nitrogens with zero attached hydrogens (tertiary/aromatic N) is 4. The molecule has 4 heterocycles. The maximum Gasteiger partial charge on any atom is 0.433 e. The zero-order chi connectivity index (χ0) is 28.2. The van der Waals surface area contributed by atoms with Gasteiger partial charge in [0, 0.05) is 38.5 Å². The number of ether oxygens (including phenoxy) is 3. The number of hydrogen-bond donors (Lipinski definition) is 0. The lowest BCUT2D eigenvalue weighted by atomic mass is 9.60. The van der Waals surface area contributed by atoms with Gasteiger partial charge < -0.3 is 19.1 Å². The lowest BCUT2D eigenvalue weighted by molar-refractivity contribution is -0.141. The predicted molar refractivity (Wildman–Crippen MR) is 136 cm³/mol. The van der Waals surface area contributed by atoms with Gasteiger partial charge in [0.05, 0.1) is 6.10 Å². The van der Waals surface area contributed by atoms with Gasteiger partial charge >= 0.3 is 11.9 Å². The first-order chi connectivity index (χ1) is 19.0. The Morgan fingerprint density at radius 3 is 2.70 bits per heavy atom. The van der Waals surface area contributed by atoms with Crippen LogP contribution in [0.15, 0.2) is 41.3 Å². The number of pyridine rings is 1. The van der Waals surface area contributed by atoms with Crippen molar-refractivity contribution >= 4 is 17.4 Å². The molecule has 2 fully saturated rings. The summed E-state index contributed by atoms with van der Waals surface area (Å²) in [4.78, 5) is 22.3. The van der Waals surface area contributed by atoms with Crippen molar-refractivity contribution < 1.29 is 31.8 Å². The highest BCUT2D eigenvalue weighted by atomic mass is 35.5. The third-order valence-corrected chi connectivity index (χ3v) is 8.33. The van der Waals surface area contributed by atoms with Gasteiger partial charge in [-0.2, -0.15) is 18.2 Å². The van der Waals surface area contributed by atoms with E-state index < -0.39 is 23.4 Å². The average molecular weight is 581 g/mol. The molecule has 2 aliphatic heterocycles. The van der Waals surface area contributed by atoms with Gasteiger partial charge in [-0.1, -0.05) is 17.7 Å². The number of alkyl halides is 3. The van der Waals surface area contributed by atoms with E-state index >= 15 is 0 Å². The molecule has 3 aliphatic rings. The Hall–Kier alpha value is -3.38. The zero-order valence-corrected chi connectivity index (χ0v) is 22.1. The molecule has 1 atom stereocenters. The number of halogens is 5. The summed E-state index contributed by atoms with van der Waals surface area (Å²) in [5.74, 6) is -0.745. The number of rotatable bonds is 6. The molecule has 1 aromatic carbocycles. The highest BCUT2D eigenvalue weighted by Gasteiger charge is 2.51. The molecule has 0 bridgehead atoms. The molecule has 1 aliphatic carbocycles. The van der Waals surface area contributed by atoms with Crippen LogP contribution in [0, 0.1) is 11.2 Å². The Morgan fingerprint density at radius 2 is 1.98 bits per heavy atom. The van der Waals surface area contributed by atoms with Crippen molar-refractivity contribution in [3.63, 3.8) is 0 Å². The number of benzene rings is 1. The van der Waals surface area contributed by atoms with Crippen LogP contribution in [0.25, 0.3) is 0 Å². The molecule has 1 saturated heterocycles. The fraction of sp³-hybridized carbons (Fsp3) is 0.444. The van der Waals surface area contributed by atoms with Gasteiger partial charge in [0.15, 0.2) is 11.6 Å². The number of aromatic nitrogens is 3. The van der Waals surface area contributed by atoms with Gasteiger partial charge in [-0.05, 0) is 54.9 Å². The maximum atomic E-state index is 14.7. The standard InChI is InChI=1S/C27H25ClF4N4O4/c1-38-18-11-26(12-18)5-7-35-16(10-26)13-36-24(35)22(28)23(34-25(36)37)39-14-15-2-3-20(19(29)8-15)40-17-4-6-33-21(9-17)27(30,31)32/h2-4,6,8-9,16,18H,5,7,10-14H2,1H3. The van der Waals surface area contributed by atoms with Crippen molar-refractivity contribution in [2.75, 3.05) is 18.6 Å². The monoisotopic (exact) mass is 580 g/mol. The molecule has 0 N–H and O–H groups in total.